The van der Waals surface area contributed by atoms with E-state index in [2.05, 4.69) is 4.98 Å². The van der Waals surface area contributed by atoms with Gasteiger partial charge in [-0.15, -0.1) is 0 Å². The fourth-order valence-corrected chi connectivity index (χ4v) is 3.61. The monoisotopic (exact) mass is 385 g/mol. The Morgan fingerprint density at radius 3 is 2.45 bits per heavy atom. The molecule has 0 atom stereocenters. The van der Waals surface area contributed by atoms with Gasteiger partial charge in [0.05, 0.1) is 24.6 Å². The van der Waals surface area contributed by atoms with Crippen molar-refractivity contribution in [3.05, 3.63) is 82.8 Å². The second-order valence-electron chi connectivity index (χ2n) is 6.62. The standard InChI is InChI=1S/C22H15N3O4/c1-29-22(28)13-6-8-14(9-7-13)25-20-19(16-4-2-3-5-17(16)21(25)27)23-18-11-10-15(26)12-24(18)20/h2-12,26H,1H3. The molecule has 142 valence electrons. The molecular formula is C22H15N3O4. The number of hydrogen-bond donors (Lipinski definition) is 1. The Labute approximate surface area is 164 Å². The third kappa shape index (κ3) is 2.48. The number of imidazole rings is 1. The summed E-state index contributed by atoms with van der Waals surface area (Å²) in [5.74, 6) is -0.391. The fourth-order valence-electron chi connectivity index (χ4n) is 3.61. The zero-order valence-corrected chi connectivity index (χ0v) is 15.4. The van der Waals surface area contributed by atoms with E-state index in [0.717, 1.165) is 5.39 Å². The summed E-state index contributed by atoms with van der Waals surface area (Å²) in [4.78, 5) is 29.9. The highest BCUT2D eigenvalue weighted by molar-refractivity contribution is 6.04. The minimum Gasteiger partial charge on any atom is -0.506 e. The quantitative estimate of drug-likeness (QED) is 0.471. The van der Waals surface area contributed by atoms with Crippen molar-refractivity contribution in [1.82, 2.24) is 14.0 Å². The Morgan fingerprint density at radius 1 is 1.00 bits per heavy atom. The van der Waals surface area contributed by atoms with Crippen LogP contribution in [0.25, 0.3) is 33.3 Å². The maximum Gasteiger partial charge on any atom is 0.337 e. The molecule has 0 aliphatic heterocycles. The Hall–Kier alpha value is -4.13. The van der Waals surface area contributed by atoms with Crippen LogP contribution in [0.15, 0.2) is 71.7 Å². The number of aromatic hydroxyl groups is 1. The van der Waals surface area contributed by atoms with E-state index in [1.807, 2.05) is 18.2 Å². The summed E-state index contributed by atoms with van der Waals surface area (Å²) in [6.07, 6.45) is 1.53. The molecule has 1 N–H and O–H groups in total. The average molecular weight is 385 g/mol. The third-order valence-electron chi connectivity index (χ3n) is 4.95. The summed E-state index contributed by atoms with van der Waals surface area (Å²) < 4.78 is 7.97. The highest BCUT2D eigenvalue weighted by atomic mass is 16.5. The maximum absolute atomic E-state index is 13.4. The summed E-state index contributed by atoms with van der Waals surface area (Å²) in [6.45, 7) is 0. The van der Waals surface area contributed by atoms with E-state index in [4.69, 9.17) is 4.74 Å². The highest BCUT2D eigenvalue weighted by Gasteiger charge is 2.18. The summed E-state index contributed by atoms with van der Waals surface area (Å²) in [5, 5.41) is 11.3. The molecule has 7 nitrogen and oxygen atoms in total. The first-order valence-corrected chi connectivity index (χ1v) is 8.92. The van der Waals surface area contributed by atoms with Crippen molar-refractivity contribution in [2.24, 2.45) is 0 Å². The molecule has 29 heavy (non-hydrogen) atoms. The minimum atomic E-state index is -0.452. The lowest BCUT2D eigenvalue weighted by molar-refractivity contribution is 0.0600. The first-order valence-electron chi connectivity index (χ1n) is 8.92. The molecule has 5 rings (SSSR count). The highest BCUT2D eigenvalue weighted by Crippen LogP contribution is 2.27. The minimum absolute atomic E-state index is 0.0602. The smallest absolute Gasteiger partial charge is 0.337 e. The molecule has 3 aromatic heterocycles. The molecule has 0 saturated carbocycles. The van der Waals surface area contributed by atoms with Crippen molar-refractivity contribution in [3.8, 4) is 11.4 Å². The van der Waals surface area contributed by atoms with Crippen LogP contribution in [0.4, 0.5) is 0 Å². The SMILES string of the molecule is COC(=O)c1ccc(-n2c(=O)c3ccccc3c3nc4ccc(O)cn4c32)cc1. The van der Waals surface area contributed by atoms with Crippen LogP contribution in [0.2, 0.25) is 0 Å². The second-order valence-corrected chi connectivity index (χ2v) is 6.62. The Balaban J connectivity index is 1.94. The molecule has 3 heterocycles. The number of ether oxygens (including phenoxy) is 1. The van der Waals surface area contributed by atoms with Gasteiger partial charge in [0.25, 0.3) is 5.56 Å². The number of carbonyl (C=O) groups excluding carboxylic acids is 1. The van der Waals surface area contributed by atoms with Gasteiger partial charge in [0.15, 0.2) is 5.65 Å². The number of hydrogen-bond acceptors (Lipinski definition) is 5. The van der Waals surface area contributed by atoms with Crippen LogP contribution < -0.4 is 5.56 Å². The largest absolute Gasteiger partial charge is 0.506 e. The van der Waals surface area contributed by atoms with E-state index in [9.17, 15) is 14.7 Å². The Morgan fingerprint density at radius 2 is 1.72 bits per heavy atom. The Bertz CT molecular complexity index is 1480. The van der Waals surface area contributed by atoms with Crippen molar-refractivity contribution < 1.29 is 14.6 Å². The number of carbonyl (C=O) groups is 1. The van der Waals surface area contributed by atoms with E-state index < -0.39 is 5.97 Å². The molecule has 0 saturated heterocycles. The topological polar surface area (TPSA) is 85.8 Å². The molecule has 0 fully saturated rings. The van der Waals surface area contributed by atoms with Crippen molar-refractivity contribution in [2.75, 3.05) is 7.11 Å². The predicted octanol–water partition coefficient (Wildman–Crippen LogP) is 3.28. The molecule has 0 bridgehead atoms. The molecule has 0 spiro atoms. The number of nitrogens with zero attached hydrogens (tertiary/aromatic N) is 3. The van der Waals surface area contributed by atoms with E-state index in [0.29, 0.717) is 33.4 Å². The number of rotatable bonds is 2. The van der Waals surface area contributed by atoms with Crippen LogP contribution in [-0.2, 0) is 4.74 Å². The number of fused-ring (bicyclic) bond motifs is 5. The van der Waals surface area contributed by atoms with Gasteiger partial charge in [0, 0.05) is 10.8 Å². The molecule has 0 unspecified atom stereocenters. The molecule has 0 aliphatic carbocycles. The summed E-state index contributed by atoms with van der Waals surface area (Å²) in [7, 11) is 1.32. The summed E-state index contributed by atoms with van der Waals surface area (Å²) >= 11 is 0. The molecule has 0 amide bonds. The van der Waals surface area contributed by atoms with Crippen LogP contribution in [0.1, 0.15) is 10.4 Å². The van der Waals surface area contributed by atoms with Crippen LogP contribution in [-0.4, -0.2) is 32.1 Å². The molecule has 0 radical (unpaired) electrons. The average Bonchev–Trinajstić information content (AvgIpc) is 3.12. The second kappa shape index (κ2) is 6.20. The molecule has 2 aromatic carbocycles. The lowest BCUT2D eigenvalue weighted by atomic mass is 10.1. The number of esters is 1. The fraction of sp³-hybridized carbons (Fsp3) is 0.0455. The third-order valence-corrected chi connectivity index (χ3v) is 4.95. The molecule has 5 aromatic rings. The van der Waals surface area contributed by atoms with Gasteiger partial charge in [-0.1, -0.05) is 18.2 Å². The molecule has 7 heteroatoms. The van der Waals surface area contributed by atoms with Crippen LogP contribution in [0.5, 0.6) is 5.75 Å². The van der Waals surface area contributed by atoms with Gasteiger partial charge < -0.3 is 9.84 Å². The Kier molecular flexibility index (Phi) is 3.64. The van der Waals surface area contributed by atoms with Crippen LogP contribution in [0, 0.1) is 0 Å². The van der Waals surface area contributed by atoms with Crippen molar-refractivity contribution in [2.45, 2.75) is 0 Å². The van der Waals surface area contributed by atoms with E-state index >= 15 is 0 Å². The number of aromatic nitrogens is 3. The normalized spacial score (nSPS) is 11.3. The first-order chi connectivity index (χ1) is 14.1. The van der Waals surface area contributed by atoms with E-state index in [-0.39, 0.29) is 11.3 Å². The number of pyridine rings is 2. The predicted molar refractivity (Wildman–Crippen MR) is 109 cm³/mol. The first kappa shape index (κ1) is 17.0. The number of methoxy groups -OCH3 is 1. The van der Waals surface area contributed by atoms with Crippen LogP contribution >= 0.6 is 0 Å². The van der Waals surface area contributed by atoms with Gasteiger partial charge in [-0.3, -0.25) is 13.8 Å². The zero-order valence-electron chi connectivity index (χ0n) is 15.4. The van der Waals surface area contributed by atoms with Gasteiger partial charge in [-0.2, -0.15) is 0 Å². The summed E-state index contributed by atoms with van der Waals surface area (Å²) in [6, 6.07) is 17.1. The zero-order chi connectivity index (χ0) is 20.1. The van der Waals surface area contributed by atoms with E-state index in [1.165, 1.54) is 17.9 Å². The van der Waals surface area contributed by atoms with Crippen LogP contribution in [0.3, 0.4) is 0 Å². The van der Waals surface area contributed by atoms with Gasteiger partial charge in [-0.05, 0) is 42.5 Å². The van der Waals surface area contributed by atoms with E-state index in [1.54, 1.807) is 46.9 Å². The number of benzene rings is 2. The lowest BCUT2D eigenvalue weighted by Gasteiger charge is -2.11. The van der Waals surface area contributed by atoms with Gasteiger partial charge >= 0.3 is 5.97 Å². The van der Waals surface area contributed by atoms with Gasteiger partial charge in [0.1, 0.15) is 16.9 Å². The van der Waals surface area contributed by atoms with Gasteiger partial charge in [0.2, 0.25) is 0 Å². The maximum atomic E-state index is 13.4. The van der Waals surface area contributed by atoms with Crippen molar-refractivity contribution in [3.63, 3.8) is 0 Å². The van der Waals surface area contributed by atoms with Crippen molar-refractivity contribution >= 4 is 33.6 Å². The van der Waals surface area contributed by atoms with Gasteiger partial charge in [-0.25, -0.2) is 9.78 Å². The molecule has 0 aliphatic rings. The lowest BCUT2D eigenvalue weighted by Crippen LogP contribution is -2.20. The summed E-state index contributed by atoms with van der Waals surface area (Å²) in [5.41, 5.74) is 2.52. The molecular weight excluding hydrogens is 370 g/mol. The van der Waals surface area contributed by atoms with Crippen molar-refractivity contribution in [1.29, 1.82) is 0 Å².